The molecule has 0 bridgehead atoms. The van der Waals surface area contributed by atoms with E-state index in [-0.39, 0.29) is 22.9 Å². The van der Waals surface area contributed by atoms with E-state index in [1.807, 2.05) is 32.0 Å². The molecular formula is C18H22N4O3S. The Morgan fingerprint density at radius 1 is 1.27 bits per heavy atom. The monoisotopic (exact) mass is 374 g/mol. The lowest BCUT2D eigenvalue weighted by Crippen LogP contribution is -2.48. The number of aryl methyl sites for hydroxylation is 1. The van der Waals surface area contributed by atoms with E-state index in [2.05, 4.69) is 10.4 Å². The number of benzene rings is 1. The molecule has 0 fully saturated rings. The summed E-state index contributed by atoms with van der Waals surface area (Å²) in [6, 6.07) is 5.91. The fourth-order valence-electron chi connectivity index (χ4n) is 3.32. The van der Waals surface area contributed by atoms with Gasteiger partial charge in [-0.25, -0.2) is 0 Å². The van der Waals surface area contributed by atoms with Crippen molar-refractivity contribution in [3.63, 3.8) is 0 Å². The maximum absolute atomic E-state index is 13.4. The van der Waals surface area contributed by atoms with Crippen LogP contribution in [0.1, 0.15) is 45.2 Å². The molecule has 0 saturated carbocycles. The number of rotatable bonds is 3. The minimum absolute atomic E-state index is 0.202. The zero-order valence-corrected chi connectivity index (χ0v) is 16.1. The van der Waals surface area contributed by atoms with Crippen molar-refractivity contribution in [3.05, 3.63) is 29.3 Å². The van der Waals surface area contributed by atoms with Crippen LogP contribution in [0, 0.1) is 0 Å². The Bertz CT molecular complexity index is 823. The SMILES string of the molecule is CCCN1C(=O)[C@@]2(SC(NC(C)=O)=NN2C(C)=O)c2cc(CC)ccc21. The Kier molecular flexibility index (Phi) is 4.79. The minimum atomic E-state index is -1.29. The van der Waals surface area contributed by atoms with Crippen molar-refractivity contribution in [2.24, 2.45) is 5.10 Å². The first kappa shape index (κ1) is 18.4. The van der Waals surface area contributed by atoms with Crippen LogP contribution in [-0.2, 0) is 25.7 Å². The lowest BCUT2D eigenvalue weighted by Gasteiger charge is -2.29. The van der Waals surface area contributed by atoms with E-state index in [4.69, 9.17) is 0 Å². The average molecular weight is 374 g/mol. The zero-order chi connectivity index (χ0) is 19.1. The molecular weight excluding hydrogens is 352 g/mol. The van der Waals surface area contributed by atoms with Gasteiger partial charge in [0.15, 0.2) is 5.17 Å². The number of hydrazone groups is 1. The van der Waals surface area contributed by atoms with Crippen molar-refractivity contribution in [2.45, 2.75) is 45.4 Å². The van der Waals surface area contributed by atoms with E-state index in [1.165, 1.54) is 18.9 Å². The van der Waals surface area contributed by atoms with Gasteiger partial charge in [0.25, 0.3) is 5.91 Å². The highest BCUT2D eigenvalue weighted by atomic mass is 32.2. The fraction of sp³-hybridized carbons (Fsp3) is 0.444. The Morgan fingerprint density at radius 2 is 2.00 bits per heavy atom. The van der Waals surface area contributed by atoms with Gasteiger partial charge in [-0.3, -0.25) is 14.4 Å². The Balaban J connectivity index is 2.18. The summed E-state index contributed by atoms with van der Waals surface area (Å²) in [5, 5.41) is 8.32. The second-order valence-electron chi connectivity index (χ2n) is 6.33. The number of hydrogen-bond acceptors (Lipinski definition) is 5. The first-order chi connectivity index (χ1) is 12.3. The van der Waals surface area contributed by atoms with Gasteiger partial charge >= 0.3 is 0 Å². The van der Waals surface area contributed by atoms with E-state index in [0.717, 1.165) is 41.4 Å². The average Bonchev–Trinajstić information content (AvgIpc) is 3.07. The van der Waals surface area contributed by atoms with E-state index >= 15 is 0 Å². The number of hydrogen-bond donors (Lipinski definition) is 1. The molecule has 2 aliphatic rings. The number of nitrogens with one attached hydrogen (secondary N) is 1. The molecule has 1 spiro atoms. The molecule has 1 N–H and O–H groups in total. The van der Waals surface area contributed by atoms with Gasteiger partial charge in [0.2, 0.25) is 16.7 Å². The van der Waals surface area contributed by atoms with Gasteiger partial charge in [-0.15, -0.1) is 5.10 Å². The van der Waals surface area contributed by atoms with Gasteiger partial charge in [-0.1, -0.05) is 19.9 Å². The summed E-state index contributed by atoms with van der Waals surface area (Å²) in [5.41, 5.74) is 2.62. The summed E-state index contributed by atoms with van der Waals surface area (Å²) in [7, 11) is 0. The highest BCUT2D eigenvalue weighted by Crippen LogP contribution is 2.54. The van der Waals surface area contributed by atoms with Crippen molar-refractivity contribution >= 4 is 40.3 Å². The second kappa shape index (κ2) is 6.75. The Labute approximate surface area is 156 Å². The molecule has 8 heteroatoms. The normalized spacial score (nSPS) is 21.2. The molecule has 0 aromatic heterocycles. The largest absolute Gasteiger partial charge is 0.309 e. The third kappa shape index (κ3) is 2.68. The van der Waals surface area contributed by atoms with Gasteiger partial charge in [-0.2, -0.15) is 5.01 Å². The summed E-state index contributed by atoms with van der Waals surface area (Å²) in [5.74, 6) is -0.848. The molecule has 2 heterocycles. The predicted octanol–water partition coefficient (Wildman–Crippen LogP) is 2.16. The first-order valence-electron chi connectivity index (χ1n) is 8.66. The zero-order valence-electron chi connectivity index (χ0n) is 15.3. The smallest absolute Gasteiger partial charge is 0.270 e. The van der Waals surface area contributed by atoms with Crippen LogP contribution in [0.5, 0.6) is 0 Å². The molecule has 2 aliphatic heterocycles. The molecule has 0 aliphatic carbocycles. The molecule has 3 rings (SSSR count). The van der Waals surface area contributed by atoms with Crippen LogP contribution in [0.4, 0.5) is 5.69 Å². The molecule has 138 valence electrons. The van der Waals surface area contributed by atoms with Crippen LogP contribution in [0.25, 0.3) is 0 Å². The quantitative estimate of drug-likeness (QED) is 0.879. The van der Waals surface area contributed by atoms with E-state index in [0.29, 0.717) is 6.54 Å². The summed E-state index contributed by atoms with van der Waals surface area (Å²) in [4.78, 5) is 37.7. The number of anilines is 1. The predicted molar refractivity (Wildman–Crippen MR) is 102 cm³/mol. The lowest BCUT2D eigenvalue weighted by atomic mass is 10.0. The van der Waals surface area contributed by atoms with Crippen molar-refractivity contribution in [2.75, 3.05) is 11.4 Å². The number of amides is 3. The number of fused-ring (bicyclic) bond motifs is 2. The molecule has 1 aromatic rings. The van der Waals surface area contributed by atoms with Gasteiger partial charge in [0.05, 0.1) is 5.69 Å². The highest BCUT2D eigenvalue weighted by Gasteiger charge is 2.61. The van der Waals surface area contributed by atoms with Gasteiger partial charge in [-0.05, 0) is 42.3 Å². The lowest BCUT2D eigenvalue weighted by molar-refractivity contribution is -0.139. The second-order valence-corrected chi connectivity index (χ2v) is 7.51. The minimum Gasteiger partial charge on any atom is -0.309 e. The van der Waals surface area contributed by atoms with Gasteiger partial charge in [0, 0.05) is 26.0 Å². The van der Waals surface area contributed by atoms with E-state index < -0.39 is 4.87 Å². The maximum Gasteiger partial charge on any atom is 0.270 e. The van der Waals surface area contributed by atoms with Crippen LogP contribution in [0.2, 0.25) is 0 Å². The molecule has 3 amide bonds. The number of nitrogens with zero attached hydrogens (tertiary/aromatic N) is 3. The van der Waals surface area contributed by atoms with Crippen LogP contribution < -0.4 is 10.2 Å². The molecule has 1 atom stereocenters. The highest BCUT2D eigenvalue weighted by molar-refractivity contribution is 8.15. The summed E-state index contributed by atoms with van der Waals surface area (Å²) < 4.78 is 0. The number of amidine groups is 1. The molecule has 0 saturated heterocycles. The summed E-state index contributed by atoms with van der Waals surface area (Å²) >= 11 is 1.12. The van der Waals surface area contributed by atoms with Crippen LogP contribution in [-0.4, -0.2) is 34.4 Å². The van der Waals surface area contributed by atoms with Crippen molar-refractivity contribution in [1.29, 1.82) is 0 Å². The molecule has 1 aromatic carbocycles. The Morgan fingerprint density at radius 3 is 2.58 bits per heavy atom. The number of carbonyl (C=O) groups is 3. The topological polar surface area (TPSA) is 82.1 Å². The number of thioether (sulfide) groups is 1. The van der Waals surface area contributed by atoms with Crippen LogP contribution in [0.3, 0.4) is 0 Å². The summed E-state index contributed by atoms with van der Waals surface area (Å²) in [6.45, 7) is 7.35. The van der Waals surface area contributed by atoms with Gasteiger partial charge < -0.3 is 10.2 Å². The summed E-state index contributed by atoms with van der Waals surface area (Å²) in [6.07, 6.45) is 1.61. The van der Waals surface area contributed by atoms with E-state index in [1.54, 1.807) is 4.90 Å². The van der Waals surface area contributed by atoms with Crippen molar-refractivity contribution < 1.29 is 14.4 Å². The standard InChI is InChI=1S/C18H22N4O3S/c1-5-9-21-15-8-7-13(6-2)10-14(15)18(16(21)25)22(12(4)24)20-17(26-18)19-11(3)23/h7-8,10H,5-6,9H2,1-4H3,(H,19,20,23)/t18-/m0/s1. The number of carbonyl (C=O) groups excluding carboxylic acids is 3. The molecule has 7 nitrogen and oxygen atoms in total. The first-order valence-corrected chi connectivity index (χ1v) is 9.48. The molecule has 0 unspecified atom stereocenters. The van der Waals surface area contributed by atoms with E-state index in [9.17, 15) is 14.4 Å². The van der Waals surface area contributed by atoms with Crippen molar-refractivity contribution in [1.82, 2.24) is 10.3 Å². The van der Waals surface area contributed by atoms with Crippen LogP contribution in [0.15, 0.2) is 23.3 Å². The maximum atomic E-state index is 13.4. The third-order valence-electron chi connectivity index (χ3n) is 4.42. The van der Waals surface area contributed by atoms with Crippen LogP contribution >= 0.6 is 11.8 Å². The van der Waals surface area contributed by atoms with Gasteiger partial charge in [0.1, 0.15) is 0 Å². The third-order valence-corrected chi connectivity index (χ3v) is 5.66. The molecule has 26 heavy (non-hydrogen) atoms. The fourth-order valence-corrected chi connectivity index (χ4v) is 4.65. The Hall–Kier alpha value is -2.35. The van der Waals surface area contributed by atoms with Crippen molar-refractivity contribution in [3.8, 4) is 0 Å². The molecule has 0 radical (unpaired) electrons.